The maximum atomic E-state index is 11.2. The largest absolute Gasteiger partial charge is 0.457 e. The number of amides is 1. The minimum absolute atomic E-state index is 0.0109. The van der Waals surface area contributed by atoms with Crippen molar-refractivity contribution in [2.45, 2.75) is 0 Å². The van der Waals surface area contributed by atoms with Gasteiger partial charge in [-0.3, -0.25) is 14.9 Å². The second-order valence-electron chi connectivity index (χ2n) is 5.29. The zero-order valence-corrected chi connectivity index (χ0v) is 13.5. The molecule has 0 spiro atoms. The molecular weight excluding hydrogens is 336 g/mol. The van der Waals surface area contributed by atoms with E-state index in [0.717, 1.165) is 6.07 Å². The first-order valence-electron chi connectivity index (χ1n) is 7.62. The van der Waals surface area contributed by atoms with Gasteiger partial charge >= 0.3 is 5.69 Å². The summed E-state index contributed by atoms with van der Waals surface area (Å²) in [5.41, 5.74) is 4.85. The maximum absolute atomic E-state index is 11.2. The number of hydrogen-bond donors (Lipinski definition) is 1. The SMILES string of the molecule is NC(=O)c1ccc(Oc2ccc(Oc3ccccc3)cc2)c([N+](=O)[O-])c1. The Kier molecular flexibility index (Phi) is 4.80. The number of carbonyl (C=O) groups is 1. The first-order chi connectivity index (χ1) is 12.5. The van der Waals surface area contributed by atoms with Gasteiger partial charge < -0.3 is 15.2 Å². The van der Waals surface area contributed by atoms with E-state index in [0.29, 0.717) is 17.2 Å². The van der Waals surface area contributed by atoms with Gasteiger partial charge in [0.15, 0.2) is 0 Å². The number of rotatable bonds is 6. The van der Waals surface area contributed by atoms with Crippen LogP contribution in [0.3, 0.4) is 0 Å². The Hall–Kier alpha value is -3.87. The number of nitrogens with zero attached hydrogens (tertiary/aromatic N) is 1. The van der Waals surface area contributed by atoms with Crippen molar-refractivity contribution in [3.05, 3.63) is 88.5 Å². The quantitative estimate of drug-likeness (QED) is 0.528. The molecule has 3 aromatic rings. The minimum atomic E-state index is -0.748. The van der Waals surface area contributed by atoms with Crippen LogP contribution in [-0.4, -0.2) is 10.8 Å². The van der Waals surface area contributed by atoms with Crippen LogP contribution in [0.4, 0.5) is 5.69 Å². The first kappa shape index (κ1) is 17.0. The Morgan fingerprint density at radius 3 is 2.00 bits per heavy atom. The molecule has 0 saturated heterocycles. The number of nitrogens with two attached hydrogens (primary N) is 1. The van der Waals surface area contributed by atoms with Gasteiger partial charge in [0.2, 0.25) is 11.7 Å². The fourth-order valence-corrected chi connectivity index (χ4v) is 2.23. The lowest BCUT2D eigenvalue weighted by Crippen LogP contribution is -2.11. The fraction of sp³-hybridized carbons (Fsp3) is 0. The van der Waals surface area contributed by atoms with Crippen molar-refractivity contribution in [3.63, 3.8) is 0 Å². The third kappa shape index (κ3) is 3.96. The van der Waals surface area contributed by atoms with Gasteiger partial charge in [0.1, 0.15) is 17.2 Å². The van der Waals surface area contributed by atoms with Crippen molar-refractivity contribution in [1.29, 1.82) is 0 Å². The molecule has 0 atom stereocenters. The molecule has 0 bridgehead atoms. The molecule has 0 unspecified atom stereocenters. The average Bonchev–Trinajstić information content (AvgIpc) is 2.64. The Bertz CT molecular complexity index is 940. The van der Waals surface area contributed by atoms with Crippen LogP contribution in [0.15, 0.2) is 72.8 Å². The highest BCUT2D eigenvalue weighted by atomic mass is 16.6. The van der Waals surface area contributed by atoms with Gasteiger partial charge in [-0.1, -0.05) is 18.2 Å². The fourth-order valence-electron chi connectivity index (χ4n) is 2.23. The second-order valence-corrected chi connectivity index (χ2v) is 5.29. The molecule has 7 heteroatoms. The topological polar surface area (TPSA) is 105 Å². The van der Waals surface area contributed by atoms with E-state index in [1.807, 2.05) is 30.3 Å². The third-order valence-corrected chi connectivity index (χ3v) is 3.47. The van der Waals surface area contributed by atoms with Gasteiger partial charge in [-0.25, -0.2) is 0 Å². The summed E-state index contributed by atoms with van der Waals surface area (Å²) in [5, 5.41) is 11.2. The second kappa shape index (κ2) is 7.35. The van der Waals surface area contributed by atoms with Crippen molar-refractivity contribution in [2.75, 3.05) is 0 Å². The third-order valence-electron chi connectivity index (χ3n) is 3.47. The highest BCUT2D eigenvalue weighted by molar-refractivity contribution is 5.93. The van der Waals surface area contributed by atoms with Gasteiger partial charge in [0.05, 0.1) is 4.92 Å². The van der Waals surface area contributed by atoms with Gasteiger partial charge in [-0.2, -0.15) is 0 Å². The van der Waals surface area contributed by atoms with Crippen LogP contribution in [0.25, 0.3) is 0 Å². The van der Waals surface area contributed by atoms with Gasteiger partial charge in [0.25, 0.3) is 0 Å². The zero-order valence-electron chi connectivity index (χ0n) is 13.5. The number of nitro benzene ring substituents is 1. The lowest BCUT2D eigenvalue weighted by Gasteiger charge is -2.09. The van der Waals surface area contributed by atoms with Crippen LogP contribution >= 0.6 is 0 Å². The Labute approximate surface area is 148 Å². The molecule has 2 N–H and O–H groups in total. The van der Waals surface area contributed by atoms with E-state index in [4.69, 9.17) is 15.2 Å². The molecule has 1 amide bonds. The molecular formula is C19H14N2O5. The first-order valence-corrected chi connectivity index (χ1v) is 7.62. The van der Waals surface area contributed by atoms with E-state index in [-0.39, 0.29) is 17.0 Å². The van der Waals surface area contributed by atoms with E-state index >= 15 is 0 Å². The number of primary amides is 1. The molecule has 0 saturated carbocycles. The Balaban J connectivity index is 1.79. The number of para-hydroxylation sites is 1. The summed E-state index contributed by atoms with van der Waals surface area (Å²) < 4.78 is 11.2. The summed E-state index contributed by atoms with van der Waals surface area (Å²) in [5.74, 6) is 0.945. The van der Waals surface area contributed by atoms with Gasteiger partial charge in [-0.05, 0) is 48.5 Å². The van der Waals surface area contributed by atoms with E-state index in [2.05, 4.69) is 0 Å². The summed E-state index contributed by atoms with van der Waals surface area (Å²) in [6.45, 7) is 0. The highest BCUT2D eigenvalue weighted by Crippen LogP contribution is 2.33. The average molecular weight is 350 g/mol. The normalized spacial score (nSPS) is 10.2. The van der Waals surface area contributed by atoms with Crippen LogP contribution in [0.2, 0.25) is 0 Å². The standard InChI is InChI=1S/C19H14N2O5/c20-19(22)13-6-11-18(17(12-13)21(23)24)26-16-9-7-15(8-10-16)25-14-4-2-1-3-5-14/h1-12H,(H2,20,22). The molecule has 26 heavy (non-hydrogen) atoms. The van der Waals surface area contributed by atoms with Crippen LogP contribution in [0, 0.1) is 10.1 Å². The maximum Gasteiger partial charge on any atom is 0.312 e. The molecule has 130 valence electrons. The number of nitro groups is 1. The summed E-state index contributed by atoms with van der Waals surface area (Å²) >= 11 is 0. The Morgan fingerprint density at radius 1 is 0.846 bits per heavy atom. The van der Waals surface area contributed by atoms with E-state index in [1.54, 1.807) is 24.3 Å². The van der Waals surface area contributed by atoms with Crippen LogP contribution in [0.5, 0.6) is 23.0 Å². The molecule has 0 radical (unpaired) electrons. The van der Waals surface area contributed by atoms with E-state index in [9.17, 15) is 14.9 Å². The molecule has 3 rings (SSSR count). The van der Waals surface area contributed by atoms with E-state index in [1.165, 1.54) is 12.1 Å². The van der Waals surface area contributed by atoms with Gasteiger partial charge in [0, 0.05) is 11.6 Å². The molecule has 0 heterocycles. The molecule has 7 nitrogen and oxygen atoms in total. The summed E-state index contributed by atoms with van der Waals surface area (Å²) in [6, 6.07) is 19.7. The van der Waals surface area contributed by atoms with Gasteiger partial charge in [-0.15, -0.1) is 0 Å². The number of benzene rings is 3. The van der Waals surface area contributed by atoms with E-state index < -0.39 is 10.8 Å². The van der Waals surface area contributed by atoms with Crippen molar-refractivity contribution in [1.82, 2.24) is 0 Å². The number of ether oxygens (including phenoxy) is 2. The smallest absolute Gasteiger partial charge is 0.312 e. The lowest BCUT2D eigenvalue weighted by molar-refractivity contribution is -0.385. The predicted molar refractivity (Wildman–Crippen MR) is 94.6 cm³/mol. The van der Waals surface area contributed by atoms with Crippen molar-refractivity contribution < 1.29 is 19.2 Å². The lowest BCUT2D eigenvalue weighted by atomic mass is 10.2. The minimum Gasteiger partial charge on any atom is -0.457 e. The molecule has 0 aromatic heterocycles. The number of carbonyl (C=O) groups excluding carboxylic acids is 1. The highest BCUT2D eigenvalue weighted by Gasteiger charge is 2.18. The summed E-state index contributed by atoms with van der Waals surface area (Å²) in [4.78, 5) is 21.7. The molecule has 0 aliphatic heterocycles. The summed E-state index contributed by atoms with van der Waals surface area (Å²) in [7, 11) is 0. The molecule has 0 fully saturated rings. The van der Waals surface area contributed by atoms with Crippen molar-refractivity contribution >= 4 is 11.6 Å². The molecule has 0 aliphatic carbocycles. The zero-order chi connectivity index (χ0) is 18.5. The Morgan fingerprint density at radius 2 is 1.42 bits per heavy atom. The van der Waals surface area contributed by atoms with Crippen LogP contribution in [-0.2, 0) is 0 Å². The van der Waals surface area contributed by atoms with Crippen molar-refractivity contribution in [2.24, 2.45) is 5.73 Å². The molecule has 3 aromatic carbocycles. The van der Waals surface area contributed by atoms with Crippen LogP contribution < -0.4 is 15.2 Å². The summed E-state index contributed by atoms with van der Waals surface area (Å²) in [6.07, 6.45) is 0. The molecule has 0 aliphatic rings. The number of hydrogen-bond acceptors (Lipinski definition) is 5. The monoisotopic (exact) mass is 350 g/mol. The van der Waals surface area contributed by atoms with Crippen molar-refractivity contribution in [3.8, 4) is 23.0 Å². The predicted octanol–water partition coefficient (Wildman–Crippen LogP) is 4.28. The van der Waals surface area contributed by atoms with Crippen LogP contribution in [0.1, 0.15) is 10.4 Å².